The molecule has 0 saturated carbocycles. The number of fused-ring (bicyclic) bond motifs is 4. The lowest BCUT2D eigenvalue weighted by atomic mass is 9.93. The highest BCUT2D eigenvalue weighted by Crippen LogP contribution is 2.69. The molecular formula is C32H32ClFN7O+. The van der Waals surface area contributed by atoms with Gasteiger partial charge in [0.2, 0.25) is 0 Å². The molecule has 4 atom stereocenters. The van der Waals surface area contributed by atoms with Crippen molar-refractivity contribution in [1.29, 1.82) is 0 Å². The van der Waals surface area contributed by atoms with E-state index in [1.54, 1.807) is 18.6 Å². The van der Waals surface area contributed by atoms with Crippen LogP contribution in [0.3, 0.4) is 0 Å². The van der Waals surface area contributed by atoms with Gasteiger partial charge in [0.15, 0.2) is 5.82 Å². The Morgan fingerprint density at radius 2 is 1.81 bits per heavy atom. The van der Waals surface area contributed by atoms with Gasteiger partial charge in [-0.15, -0.1) is 0 Å². The first-order chi connectivity index (χ1) is 20.6. The third-order valence-corrected chi connectivity index (χ3v) is 12.2. The summed E-state index contributed by atoms with van der Waals surface area (Å²) in [4.78, 5) is 23.7. The molecule has 6 fully saturated rings. The van der Waals surface area contributed by atoms with E-state index in [2.05, 4.69) is 19.8 Å². The van der Waals surface area contributed by atoms with Crippen LogP contribution in [0.15, 0.2) is 36.8 Å². The maximum absolute atomic E-state index is 16.7. The largest absolute Gasteiger partial charge is 0.461 e. The van der Waals surface area contributed by atoms with E-state index >= 15 is 4.39 Å². The molecule has 9 heterocycles. The minimum Gasteiger partial charge on any atom is -0.461 e. The monoisotopic (exact) mass is 584 g/mol. The highest BCUT2D eigenvalue weighted by molar-refractivity contribution is 6.36. The molecule has 8 nitrogen and oxygen atoms in total. The molecule has 0 N–H and O–H groups in total. The van der Waals surface area contributed by atoms with Gasteiger partial charge < -0.3 is 14.1 Å². The molecule has 6 aliphatic heterocycles. The molecule has 0 radical (unpaired) electrons. The molecule has 0 bridgehead atoms. The number of hydrogen-bond acceptors (Lipinski definition) is 7. The van der Waals surface area contributed by atoms with Crippen LogP contribution in [0, 0.1) is 5.82 Å². The van der Waals surface area contributed by atoms with Crippen molar-refractivity contribution in [3.8, 4) is 17.3 Å². The summed E-state index contributed by atoms with van der Waals surface area (Å²) in [7, 11) is 0. The predicted octanol–water partition coefficient (Wildman–Crippen LogP) is 4.97. The van der Waals surface area contributed by atoms with Gasteiger partial charge in [-0.2, -0.15) is 9.97 Å². The summed E-state index contributed by atoms with van der Waals surface area (Å²) in [6, 6.07) is 9.00. The van der Waals surface area contributed by atoms with Gasteiger partial charge in [0.25, 0.3) is 0 Å². The summed E-state index contributed by atoms with van der Waals surface area (Å²) in [5.41, 5.74) is 1.04. The van der Waals surface area contributed by atoms with Gasteiger partial charge in [-0.05, 0) is 44.8 Å². The zero-order valence-electron chi connectivity index (χ0n) is 23.3. The lowest BCUT2D eigenvalue weighted by molar-refractivity contribution is -0.942. The second-order valence-electron chi connectivity index (χ2n) is 13.5. The highest BCUT2D eigenvalue weighted by Gasteiger charge is 2.88. The van der Waals surface area contributed by atoms with E-state index < -0.39 is 5.82 Å². The summed E-state index contributed by atoms with van der Waals surface area (Å²) >= 11 is 6.61. The molecule has 42 heavy (non-hydrogen) atoms. The quantitative estimate of drug-likeness (QED) is 0.242. The SMILES string of the molecule is Fc1c(-c2cncc3cccc(Cl)c23)ncc2c(N3CC4CC5C6CC(C3)[N+]456)nc(OCC34CCCN3CCC4)nc12. The summed E-state index contributed by atoms with van der Waals surface area (Å²) in [5.74, 6) is 0.261. The van der Waals surface area contributed by atoms with Gasteiger partial charge in [-0.25, -0.2) is 4.39 Å². The molecule has 3 aromatic heterocycles. The van der Waals surface area contributed by atoms with Crippen molar-refractivity contribution in [1.82, 2.24) is 24.8 Å². The summed E-state index contributed by atoms with van der Waals surface area (Å²) in [5, 5.41) is 2.74. The molecule has 4 unspecified atom stereocenters. The van der Waals surface area contributed by atoms with Crippen LogP contribution < -0.4 is 9.64 Å². The number of pyridine rings is 2. The number of rotatable bonds is 5. The first-order valence-corrected chi connectivity index (χ1v) is 15.8. The molecule has 1 aromatic carbocycles. The molecule has 6 saturated heterocycles. The number of hydrogen-bond donors (Lipinski definition) is 0. The number of anilines is 1. The predicted molar refractivity (Wildman–Crippen MR) is 158 cm³/mol. The summed E-state index contributed by atoms with van der Waals surface area (Å²) < 4.78 is 24.5. The van der Waals surface area contributed by atoms with E-state index in [9.17, 15) is 0 Å². The molecule has 0 aliphatic carbocycles. The molecule has 6 aliphatic rings. The molecular weight excluding hydrogens is 553 g/mol. The van der Waals surface area contributed by atoms with E-state index in [4.69, 9.17) is 26.3 Å². The van der Waals surface area contributed by atoms with Gasteiger partial charge in [0, 0.05) is 39.9 Å². The summed E-state index contributed by atoms with van der Waals surface area (Å²) in [6.45, 7) is 4.67. The normalized spacial score (nSPS) is 31.8. The Morgan fingerprint density at radius 3 is 2.57 bits per heavy atom. The Kier molecular flexibility index (Phi) is 4.79. The van der Waals surface area contributed by atoms with Crippen molar-refractivity contribution in [3.05, 3.63) is 47.6 Å². The van der Waals surface area contributed by atoms with Crippen molar-refractivity contribution < 1.29 is 13.6 Å². The van der Waals surface area contributed by atoms with Crippen molar-refractivity contribution >= 4 is 39.1 Å². The minimum atomic E-state index is -0.490. The van der Waals surface area contributed by atoms with Gasteiger partial charge in [-0.1, -0.05) is 23.7 Å². The van der Waals surface area contributed by atoms with E-state index in [-0.39, 0.29) is 22.8 Å². The van der Waals surface area contributed by atoms with Crippen molar-refractivity contribution in [2.75, 3.05) is 37.7 Å². The van der Waals surface area contributed by atoms with Crippen LogP contribution in [-0.4, -0.2) is 91.8 Å². The lowest BCUT2D eigenvalue weighted by Crippen LogP contribution is -2.71. The molecule has 10 heteroatoms. The van der Waals surface area contributed by atoms with Crippen LogP contribution in [-0.2, 0) is 0 Å². The average molecular weight is 585 g/mol. The third-order valence-electron chi connectivity index (χ3n) is 11.9. The van der Waals surface area contributed by atoms with Gasteiger partial charge >= 0.3 is 6.01 Å². The number of halogens is 2. The number of piperazine rings is 1. The van der Waals surface area contributed by atoms with Gasteiger partial charge in [0.1, 0.15) is 47.8 Å². The maximum atomic E-state index is 16.7. The van der Waals surface area contributed by atoms with Crippen molar-refractivity contribution in [3.63, 3.8) is 0 Å². The second kappa shape index (κ2) is 8.27. The van der Waals surface area contributed by atoms with Crippen LogP contribution in [0.4, 0.5) is 10.2 Å². The van der Waals surface area contributed by atoms with Crippen molar-refractivity contribution in [2.45, 2.75) is 68.2 Å². The first-order valence-electron chi connectivity index (χ1n) is 15.5. The van der Waals surface area contributed by atoms with Crippen LogP contribution in [0.1, 0.15) is 38.5 Å². The van der Waals surface area contributed by atoms with Crippen molar-refractivity contribution in [2.24, 2.45) is 0 Å². The van der Waals surface area contributed by atoms with Crippen LogP contribution >= 0.6 is 11.6 Å². The Bertz CT molecular complexity index is 1780. The number of aromatic nitrogens is 4. The smallest absolute Gasteiger partial charge is 0.319 e. The summed E-state index contributed by atoms with van der Waals surface area (Å²) in [6.07, 6.45) is 12.3. The van der Waals surface area contributed by atoms with E-state index in [0.717, 1.165) is 67.7 Å². The fourth-order valence-electron chi connectivity index (χ4n) is 9.96. The number of ether oxygens (including phenoxy) is 1. The highest BCUT2D eigenvalue weighted by atomic mass is 35.5. The van der Waals surface area contributed by atoms with Crippen LogP contribution in [0.25, 0.3) is 32.9 Å². The van der Waals surface area contributed by atoms with Gasteiger partial charge in [-0.3, -0.25) is 14.9 Å². The molecule has 214 valence electrons. The van der Waals surface area contributed by atoms with E-state index in [1.807, 2.05) is 18.2 Å². The number of quaternary nitrogens is 1. The van der Waals surface area contributed by atoms with Gasteiger partial charge in [0.05, 0.1) is 36.9 Å². The third kappa shape index (κ3) is 2.99. The number of benzene rings is 1. The molecule has 10 rings (SSSR count). The minimum absolute atomic E-state index is 0.0502. The van der Waals surface area contributed by atoms with Crippen LogP contribution in [0.2, 0.25) is 5.02 Å². The van der Waals surface area contributed by atoms with E-state index in [0.29, 0.717) is 34.7 Å². The fourth-order valence-corrected chi connectivity index (χ4v) is 10.2. The number of nitrogens with zero attached hydrogens (tertiary/aromatic N) is 7. The average Bonchev–Trinajstić information content (AvgIpc) is 3.40. The Labute approximate surface area is 248 Å². The topological polar surface area (TPSA) is 67.3 Å². The van der Waals surface area contributed by atoms with E-state index in [1.165, 1.54) is 30.2 Å². The Hall–Kier alpha value is -3.14. The zero-order valence-corrected chi connectivity index (χ0v) is 24.1. The molecule has 4 aromatic rings. The fraction of sp³-hybridized carbons (Fsp3) is 0.500. The maximum Gasteiger partial charge on any atom is 0.319 e. The lowest BCUT2D eigenvalue weighted by Gasteiger charge is -2.54. The Morgan fingerprint density at radius 1 is 1.02 bits per heavy atom. The zero-order chi connectivity index (χ0) is 27.8. The Balaban J connectivity index is 1.10. The molecule has 0 amide bonds. The first kappa shape index (κ1) is 24.3. The van der Waals surface area contributed by atoms with Crippen LogP contribution in [0.5, 0.6) is 6.01 Å². The standard InChI is InChI=1S/C32H32ClFN7O/c33-23-5-1-4-18-12-35-13-21(26(18)23)28-27(34)29-22(14-36-28)30(39-15-19-10-24-25-11-20(16-39)41(19,24)25)38-31(37-29)42-17-32-6-2-8-40(32)9-3-7-32/h1,4-5,12-14,19-20,24-25H,2-3,6-11,15-17H2/q+1. The molecule has 1 spiro atoms. The second-order valence-corrected chi connectivity index (χ2v) is 13.9.